The molecule has 2 fully saturated rings. The first-order valence-electron chi connectivity index (χ1n) is 8.10. The monoisotopic (exact) mass is 305 g/mol. The van der Waals surface area contributed by atoms with Gasteiger partial charge in [0.05, 0.1) is 24.4 Å². The van der Waals surface area contributed by atoms with E-state index in [-0.39, 0.29) is 17.5 Å². The summed E-state index contributed by atoms with van der Waals surface area (Å²) >= 11 is 0. The summed E-state index contributed by atoms with van der Waals surface area (Å²) in [6, 6.07) is 8.42. The minimum Gasteiger partial charge on any atom is -0.378 e. The SMILES string of the molecule is CN(C)c1ccc([C@@H]2OCC[C@]3(CCOC(C)(C)C3)O2)cc1. The van der Waals surface area contributed by atoms with E-state index in [1.165, 1.54) is 5.69 Å². The Morgan fingerprint density at radius 1 is 1.05 bits per heavy atom. The van der Waals surface area contributed by atoms with Gasteiger partial charge in [-0.3, -0.25) is 0 Å². The Kier molecular flexibility index (Phi) is 4.19. The molecule has 2 aliphatic rings. The molecule has 0 N–H and O–H groups in total. The fourth-order valence-electron chi connectivity index (χ4n) is 3.51. The van der Waals surface area contributed by atoms with Gasteiger partial charge in [-0.1, -0.05) is 12.1 Å². The molecular formula is C18H27NO3. The van der Waals surface area contributed by atoms with Crippen LogP contribution in [0.4, 0.5) is 5.69 Å². The van der Waals surface area contributed by atoms with Crippen molar-refractivity contribution >= 4 is 5.69 Å². The number of hydrogen-bond donors (Lipinski definition) is 0. The summed E-state index contributed by atoms with van der Waals surface area (Å²) in [6.45, 7) is 5.80. The first kappa shape index (κ1) is 15.8. The van der Waals surface area contributed by atoms with Crippen LogP contribution >= 0.6 is 0 Å². The third-order valence-corrected chi connectivity index (χ3v) is 4.66. The summed E-state index contributed by atoms with van der Waals surface area (Å²) in [5.41, 5.74) is 2.05. The molecule has 22 heavy (non-hydrogen) atoms. The Labute approximate surface area is 133 Å². The molecule has 2 aliphatic heterocycles. The lowest BCUT2D eigenvalue weighted by Crippen LogP contribution is -2.50. The van der Waals surface area contributed by atoms with Crippen LogP contribution in [-0.2, 0) is 14.2 Å². The maximum atomic E-state index is 6.42. The van der Waals surface area contributed by atoms with Gasteiger partial charge in [0.1, 0.15) is 0 Å². The molecule has 1 spiro atoms. The average molecular weight is 305 g/mol. The molecule has 2 saturated heterocycles. The second kappa shape index (κ2) is 5.84. The lowest BCUT2D eigenvalue weighted by molar-refractivity contribution is -0.293. The van der Waals surface area contributed by atoms with Gasteiger partial charge in [-0.15, -0.1) is 0 Å². The Balaban J connectivity index is 1.75. The minimum atomic E-state index is -0.265. The standard InChI is InChI=1S/C18H27NO3/c1-17(2)13-18(10-12-21-17)9-11-20-16(22-18)14-5-7-15(8-6-14)19(3)4/h5-8,16H,9-13H2,1-4H3/t16-,18-/m1/s1. The molecule has 3 rings (SSSR count). The van der Waals surface area contributed by atoms with Gasteiger partial charge >= 0.3 is 0 Å². The summed E-state index contributed by atoms with van der Waals surface area (Å²) in [4.78, 5) is 2.09. The van der Waals surface area contributed by atoms with E-state index in [1.807, 2.05) is 14.1 Å². The van der Waals surface area contributed by atoms with E-state index < -0.39 is 0 Å². The van der Waals surface area contributed by atoms with Crippen molar-refractivity contribution in [1.29, 1.82) is 0 Å². The van der Waals surface area contributed by atoms with Crippen LogP contribution < -0.4 is 4.90 Å². The van der Waals surface area contributed by atoms with Crippen molar-refractivity contribution in [3.8, 4) is 0 Å². The molecule has 0 bridgehead atoms. The predicted molar refractivity (Wildman–Crippen MR) is 87.2 cm³/mol. The Morgan fingerprint density at radius 2 is 1.73 bits per heavy atom. The van der Waals surface area contributed by atoms with Gasteiger partial charge in [0, 0.05) is 44.6 Å². The van der Waals surface area contributed by atoms with Crippen LogP contribution in [0.2, 0.25) is 0 Å². The summed E-state index contributed by atoms with van der Waals surface area (Å²) in [7, 11) is 4.09. The number of anilines is 1. The molecule has 122 valence electrons. The van der Waals surface area contributed by atoms with Crippen LogP contribution in [0.5, 0.6) is 0 Å². The van der Waals surface area contributed by atoms with Crippen LogP contribution in [-0.4, -0.2) is 38.5 Å². The van der Waals surface area contributed by atoms with Gasteiger partial charge in [0.15, 0.2) is 6.29 Å². The van der Waals surface area contributed by atoms with E-state index in [4.69, 9.17) is 14.2 Å². The average Bonchev–Trinajstić information content (AvgIpc) is 2.46. The predicted octanol–water partition coefficient (Wildman–Crippen LogP) is 3.52. The molecule has 0 amide bonds. The molecule has 0 radical (unpaired) electrons. The smallest absolute Gasteiger partial charge is 0.184 e. The number of ether oxygens (including phenoxy) is 3. The van der Waals surface area contributed by atoms with Crippen LogP contribution in [0.3, 0.4) is 0 Å². The third kappa shape index (κ3) is 3.29. The molecule has 0 saturated carbocycles. The van der Waals surface area contributed by atoms with Gasteiger partial charge in [0.25, 0.3) is 0 Å². The number of nitrogens with zero attached hydrogens (tertiary/aromatic N) is 1. The number of benzene rings is 1. The Morgan fingerprint density at radius 3 is 2.36 bits per heavy atom. The van der Waals surface area contributed by atoms with Crippen molar-refractivity contribution in [1.82, 2.24) is 0 Å². The molecule has 0 unspecified atom stereocenters. The van der Waals surface area contributed by atoms with E-state index in [0.29, 0.717) is 0 Å². The molecule has 2 heterocycles. The third-order valence-electron chi connectivity index (χ3n) is 4.66. The molecular weight excluding hydrogens is 278 g/mol. The highest BCUT2D eigenvalue weighted by atomic mass is 16.7. The van der Waals surface area contributed by atoms with Crippen molar-refractivity contribution in [3.63, 3.8) is 0 Å². The second-order valence-electron chi connectivity index (χ2n) is 7.27. The summed E-state index contributed by atoms with van der Waals surface area (Å²) in [6.07, 6.45) is 2.56. The van der Waals surface area contributed by atoms with E-state index in [2.05, 4.69) is 43.0 Å². The van der Waals surface area contributed by atoms with Gasteiger partial charge in [-0.05, 0) is 26.0 Å². The highest BCUT2D eigenvalue weighted by Crippen LogP contribution is 2.43. The normalized spacial score (nSPS) is 31.2. The second-order valence-corrected chi connectivity index (χ2v) is 7.27. The highest BCUT2D eigenvalue weighted by molar-refractivity contribution is 5.46. The fourth-order valence-corrected chi connectivity index (χ4v) is 3.51. The minimum absolute atomic E-state index is 0.106. The Hall–Kier alpha value is -1.10. The zero-order chi connectivity index (χ0) is 15.8. The van der Waals surface area contributed by atoms with Crippen LogP contribution in [0.25, 0.3) is 0 Å². The molecule has 1 aromatic rings. The molecule has 0 aromatic heterocycles. The van der Waals surface area contributed by atoms with Crippen molar-refractivity contribution in [2.45, 2.75) is 50.6 Å². The van der Waals surface area contributed by atoms with Gasteiger partial charge < -0.3 is 19.1 Å². The van der Waals surface area contributed by atoms with Crippen molar-refractivity contribution in [2.24, 2.45) is 0 Å². The van der Waals surface area contributed by atoms with Crippen molar-refractivity contribution in [2.75, 3.05) is 32.2 Å². The summed E-state index contributed by atoms with van der Waals surface area (Å²) in [5.74, 6) is 0. The van der Waals surface area contributed by atoms with E-state index in [9.17, 15) is 0 Å². The number of hydrogen-bond acceptors (Lipinski definition) is 4. The van der Waals surface area contributed by atoms with Crippen LogP contribution in [0, 0.1) is 0 Å². The van der Waals surface area contributed by atoms with Crippen LogP contribution in [0.15, 0.2) is 24.3 Å². The van der Waals surface area contributed by atoms with E-state index in [0.717, 1.165) is 38.0 Å². The first-order valence-corrected chi connectivity index (χ1v) is 8.10. The van der Waals surface area contributed by atoms with E-state index >= 15 is 0 Å². The Bertz CT molecular complexity index is 508. The van der Waals surface area contributed by atoms with Crippen molar-refractivity contribution < 1.29 is 14.2 Å². The fraction of sp³-hybridized carbons (Fsp3) is 0.667. The quantitative estimate of drug-likeness (QED) is 0.836. The van der Waals surface area contributed by atoms with Gasteiger partial charge in [-0.25, -0.2) is 0 Å². The lowest BCUT2D eigenvalue weighted by atomic mass is 9.81. The number of rotatable bonds is 2. The molecule has 4 heteroatoms. The maximum Gasteiger partial charge on any atom is 0.184 e. The van der Waals surface area contributed by atoms with E-state index in [1.54, 1.807) is 0 Å². The van der Waals surface area contributed by atoms with Gasteiger partial charge in [0.2, 0.25) is 0 Å². The largest absolute Gasteiger partial charge is 0.378 e. The lowest BCUT2D eigenvalue weighted by Gasteiger charge is -2.48. The zero-order valence-corrected chi connectivity index (χ0v) is 14.1. The van der Waals surface area contributed by atoms with Crippen LogP contribution in [0.1, 0.15) is 45.0 Å². The molecule has 0 aliphatic carbocycles. The topological polar surface area (TPSA) is 30.9 Å². The molecule has 4 nitrogen and oxygen atoms in total. The first-order chi connectivity index (χ1) is 10.4. The molecule has 2 atom stereocenters. The zero-order valence-electron chi connectivity index (χ0n) is 14.1. The van der Waals surface area contributed by atoms with Crippen molar-refractivity contribution in [3.05, 3.63) is 29.8 Å². The summed E-state index contributed by atoms with van der Waals surface area (Å²) in [5, 5.41) is 0. The van der Waals surface area contributed by atoms with Gasteiger partial charge in [-0.2, -0.15) is 0 Å². The highest BCUT2D eigenvalue weighted by Gasteiger charge is 2.45. The molecule has 1 aromatic carbocycles. The summed E-state index contributed by atoms with van der Waals surface area (Å²) < 4.78 is 18.2. The maximum absolute atomic E-state index is 6.42.